The van der Waals surface area contributed by atoms with Crippen molar-refractivity contribution >= 4 is 121 Å². The third-order valence-electron chi connectivity index (χ3n) is 4.03. The molecule has 2 unspecified atom stereocenters. The average Bonchev–Trinajstić information content (AvgIpc) is 3.36. The zero-order valence-electron chi connectivity index (χ0n) is 14.0. The molecule has 0 saturated carbocycles. The van der Waals surface area contributed by atoms with E-state index in [1.807, 2.05) is 23.9 Å². The van der Waals surface area contributed by atoms with Gasteiger partial charge in [-0.05, 0) is 0 Å². The molecular weight excluding hydrogens is 710 g/mol. The van der Waals surface area contributed by atoms with Crippen LogP contribution in [0.3, 0.4) is 0 Å². The monoisotopic (exact) mass is 724 g/mol. The predicted molar refractivity (Wildman–Crippen MR) is 124 cm³/mol. The van der Waals surface area contributed by atoms with Crippen LogP contribution in [0, 0.1) is 0 Å². The number of thiocarbonyl (C=S) groups is 2. The van der Waals surface area contributed by atoms with Crippen LogP contribution in [0.1, 0.15) is 0 Å². The predicted octanol–water partition coefficient (Wildman–Crippen LogP) is 0.323. The summed E-state index contributed by atoms with van der Waals surface area (Å²) in [6, 6.07) is 0. The van der Waals surface area contributed by atoms with E-state index in [-0.39, 0.29) is 76.2 Å². The minimum absolute atomic E-state index is 0.0301. The number of halogens is 2. The molecule has 0 aromatic rings. The molecule has 0 aliphatic carbocycles. The first-order valence-electron chi connectivity index (χ1n) is 7.43. The molecule has 4 rings (SSSR count). The number of likely N-dealkylation sites (N-methyl/N-ethyl adjacent to an activating group) is 2. The molecule has 0 spiro atoms. The molecule has 6 nitrogen and oxygen atoms in total. The molecule has 0 radical (unpaired) electrons. The number of rotatable bonds is 5. The number of nitrogens with one attached hydrogen (secondary N) is 2. The third-order valence-corrected chi connectivity index (χ3v) is 15.4. The van der Waals surface area contributed by atoms with Crippen LogP contribution in [-0.4, -0.2) is 112 Å². The van der Waals surface area contributed by atoms with Crippen LogP contribution in [0.15, 0.2) is 29.5 Å². The Morgan fingerprint density at radius 1 is 0.893 bits per heavy atom. The summed E-state index contributed by atoms with van der Waals surface area (Å²) in [6.07, 6.45) is -0.790. The molecule has 0 aromatic carbocycles. The van der Waals surface area contributed by atoms with Gasteiger partial charge >= 0.3 is 204 Å². The second kappa shape index (κ2) is 9.34. The van der Waals surface area contributed by atoms with Crippen molar-refractivity contribution in [2.45, 2.75) is 12.3 Å². The van der Waals surface area contributed by atoms with E-state index < -0.39 is 12.3 Å². The quantitative estimate of drug-likeness (QED) is 0.240. The molecule has 150 valence electrons. The van der Waals surface area contributed by atoms with E-state index in [1.54, 1.807) is 0 Å². The zero-order chi connectivity index (χ0) is 20.0. The summed E-state index contributed by atoms with van der Waals surface area (Å²) in [5.41, 5.74) is 0. The number of hydrogen-bond donors (Lipinski definition) is 2. The van der Waals surface area contributed by atoms with Crippen molar-refractivity contribution in [1.29, 1.82) is 0 Å². The van der Waals surface area contributed by atoms with E-state index in [9.17, 15) is 8.78 Å². The fraction of sp³-hybridized carbons (Fsp3) is 0.333. The topological polar surface area (TPSA) is 55.3 Å². The van der Waals surface area contributed by atoms with Gasteiger partial charge in [0.25, 0.3) is 0 Å². The summed E-state index contributed by atoms with van der Waals surface area (Å²) in [5.74, 6) is 0.681. The van der Waals surface area contributed by atoms with E-state index in [4.69, 9.17) is 24.4 Å². The van der Waals surface area contributed by atoms with Gasteiger partial charge < -0.3 is 0 Å². The summed E-state index contributed by atoms with van der Waals surface area (Å²) in [5, 5.41) is 0. The fourth-order valence-corrected chi connectivity index (χ4v) is 15.0. The van der Waals surface area contributed by atoms with E-state index in [2.05, 4.69) is 16.7 Å². The standard InChI is InChI=1S/C12H10F2N6S4Se4/c1-19-9(5(21)3(13)7-11(19)15-25-23-7)17-27-28-18-10-6(22)4(14)8-12(20(10)2)16-26-24-8/h9-10,17-18H,1-2H3. The van der Waals surface area contributed by atoms with Gasteiger partial charge in [0, 0.05) is 0 Å². The number of fused-ring (bicyclic) bond motifs is 2. The third kappa shape index (κ3) is 4.00. The van der Waals surface area contributed by atoms with Crippen molar-refractivity contribution < 1.29 is 8.78 Å². The van der Waals surface area contributed by atoms with Crippen LogP contribution in [0.2, 0.25) is 0 Å². The maximum absolute atomic E-state index is 14.5. The van der Waals surface area contributed by atoms with Gasteiger partial charge in [0.15, 0.2) is 0 Å². The molecule has 0 saturated heterocycles. The Labute approximate surface area is 202 Å². The molecule has 4 aliphatic heterocycles. The van der Waals surface area contributed by atoms with Crippen molar-refractivity contribution in [3.8, 4) is 0 Å². The van der Waals surface area contributed by atoms with E-state index in [0.717, 1.165) is 0 Å². The SMILES string of the molecule is CN1C2=N[Se]SC2=C(F)C(=S)C1N[Se][Se]NC1C(=S)C(F)=C2S[Se]N=C2N1C. The van der Waals surface area contributed by atoms with Gasteiger partial charge in [-0.2, -0.15) is 0 Å². The summed E-state index contributed by atoms with van der Waals surface area (Å²) in [4.78, 5) is 5.46. The Bertz CT molecular complexity index is 810. The zero-order valence-corrected chi connectivity index (χ0v) is 24.1. The summed E-state index contributed by atoms with van der Waals surface area (Å²) >= 11 is 10.5. The van der Waals surface area contributed by atoms with Gasteiger partial charge in [-0.15, -0.1) is 0 Å². The van der Waals surface area contributed by atoms with Gasteiger partial charge in [-0.1, -0.05) is 0 Å². The van der Waals surface area contributed by atoms with Crippen molar-refractivity contribution in [3.05, 3.63) is 21.5 Å². The first kappa shape index (κ1) is 22.4. The van der Waals surface area contributed by atoms with Crippen LogP contribution in [-0.2, 0) is 0 Å². The Morgan fingerprint density at radius 2 is 1.29 bits per heavy atom. The molecule has 4 heterocycles. The Kier molecular flexibility index (Phi) is 7.46. The molecule has 2 atom stereocenters. The molecule has 4 aliphatic rings. The van der Waals surface area contributed by atoms with Crippen molar-refractivity contribution in [2.75, 3.05) is 14.1 Å². The molecule has 28 heavy (non-hydrogen) atoms. The molecular formula is C12H10F2N6S4Se4. The van der Waals surface area contributed by atoms with Gasteiger partial charge in [-0.3, -0.25) is 0 Å². The van der Waals surface area contributed by atoms with E-state index >= 15 is 0 Å². The molecule has 0 fully saturated rings. The summed E-state index contributed by atoms with van der Waals surface area (Å²) in [7, 11) is 6.61. The molecule has 0 aromatic heterocycles. The van der Waals surface area contributed by atoms with Gasteiger partial charge in [0.05, 0.1) is 0 Å². The molecule has 0 amide bonds. The van der Waals surface area contributed by atoms with Crippen LogP contribution >= 0.6 is 44.8 Å². The Hall–Kier alpha value is 1.16. The molecule has 16 heteroatoms. The molecule has 0 bridgehead atoms. The van der Waals surface area contributed by atoms with Gasteiger partial charge in [0.1, 0.15) is 0 Å². The number of amidine groups is 2. The van der Waals surface area contributed by atoms with Crippen LogP contribution in [0.25, 0.3) is 0 Å². The van der Waals surface area contributed by atoms with Crippen LogP contribution in [0.5, 0.6) is 0 Å². The minimum atomic E-state index is -0.395. The molecule has 2 N–H and O–H groups in total. The second-order valence-corrected chi connectivity index (χ2v) is 18.0. The van der Waals surface area contributed by atoms with Gasteiger partial charge in [-0.25, -0.2) is 0 Å². The Morgan fingerprint density at radius 3 is 1.68 bits per heavy atom. The first-order chi connectivity index (χ1) is 13.4. The van der Waals surface area contributed by atoms with Crippen LogP contribution < -0.4 is 8.67 Å². The van der Waals surface area contributed by atoms with Crippen molar-refractivity contribution in [1.82, 2.24) is 18.5 Å². The van der Waals surface area contributed by atoms with Crippen LogP contribution in [0.4, 0.5) is 8.78 Å². The second-order valence-electron chi connectivity index (χ2n) is 5.59. The number of hydrogen-bond acceptors (Lipinski definition) is 10. The maximum atomic E-state index is 14.5. The first-order valence-corrected chi connectivity index (χ1v) is 21.5. The fourth-order valence-electron chi connectivity index (χ4n) is 2.52. The van der Waals surface area contributed by atoms with Gasteiger partial charge in [0.2, 0.25) is 0 Å². The average molecular weight is 720 g/mol. The summed E-state index contributed by atoms with van der Waals surface area (Å²) in [6.45, 7) is 0. The van der Waals surface area contributed by atoms with E-state index in [1.165, 1.54) is 20.4 Å². The normalized spacial score (nSPS) is 27.4. The van der Waals surface area contributed by atoms with E-state index in [0.29, 0.717) is 21.5 Å². The van der Waals surface area contributed by atoms with Crippen molar-refractivity contribution in [3.63, 3.8) is 0 Å². The Balaban J connectivity index is 1.36. The summed E-state index contributed by atoms with van der Waals surface area (Å²) < 4.78 is 44.6. The number of nitrogens with zero attached hydrogens (tertiary/aromatic N) is 4. The van der Waals surface area contributed by atoms with Crippen molar-refractivity contribution in [2.24, 2.45) is 8.02 Å².